The SMILES string of the molecule is C[C@@H]1O[C@@H](OC[C@@H]2O[C@@H](Oc3c(-c4ccc(O)cc4)oc4cc(O)cc(O)c4c3=O)[C@H](O)[C@H](O)[C@@H]2O)[C@H](O)[C@H](O)[C@H]1O. The number of hydrogen-bond donors (Lipinski definition) is 9. The Morgan fingerprint density at radius 1 is 0.762 bits per heavy atom. The monoisotopic (exact) mass is 594 g/mol. The Labute approximate surface area is 236 Å². The topological polar surface area (TPSA) is 249 Å². The summed E-state index contributed by atoms with van der Waals surface area (Å²) in [6.07, 6.45) is -15.8. The number of benzene rings is 2. The molecule has 15 heteroatoms. The maximum atomic E-state index is 13.5. The highest BCUT2D eigenvalue weighted by Gasteiger charge is 2.47. The van der Waals surface area contributed by atoms with Crippen LogP contribution in [0.15, 0.2) is 45.6 Å². The Morgan fingerprint density at radius 3 is 2.10 bits per heavy atom. The van der Waals surface area contributed by atoms with E-state index in [2.05, 4.69) is 0 Å². The average Bonchev–Trinajstić information content (AvgIpc) is 2.95. The third-order valence-electron chi connectivity index (χ3n) is 7.18. The molecule has 10 atom stereocenters. The Hall–Kier alpha value is -3.51. The van der Waals surface area contributed by atoms with Crippen LogP contribution in [0.3, 0.4) is 0 Å². The maximum Gasteiger partial charge on any atom is 0.239 e. The summed E-state index contributed by atoms with van der Waals surface area (Å²) < 4.78 is 28.0. The van der Waals surface area contributed by atoms with E-state index in [9.17, 15) is 50.8 Å². The van der Waals surface area contributed by atoms with Crippen molar-refractivity contribution in [3.63, 3.8) is 0 Å². The number of phenols is 3. The van der Waals surface area contributed by atoms with Crippen molar-refractivity contribution in [2.45, 2.75) is 68.3 Å². The molecule has 3 aromatic rings. The molecule has 9 N–H and O–H groups in total. The summed E-state index contributed by atoms with van der Waals surface area (Å²) in [6.45, 7) is 0.866. The van der Waals surface area contributed by atoms with Gasteiger partial charge in [-0.1, -0.05) is 0 Å². The van der Waals surface area contributed by atoms with Gasteiger partial charge < -0.3 is 69.3 Å². The molecule has 0 unspecified atom stereocenters. The molecule has 228 valence electrons. The summed E-state index contributed by atoms with van der Waals surface area (Å²) in [4.78, 5) is 13.5. The predicted molar refractivity (Wildman–Crippen MR) is 139 cm³/mol. The van der Waals surface area contributed by atoms with Crippen LogP contribution in [0, 0.1) is 0 Å². The number of fused-ring (bicyclic) bond motifs is 1. The van der Waals surface area contributed by atoms with Crippen molar-refractivity contribution in [2.24, 2.45) is 0 Å². The Morgan fingerprint density at radius 2 is 1.40 bits per heavy atom. The third kappa shape index (κ3) is 5.49. The number of phenolic OH excluding ortho intramolecular Hbond substituents is 3. The van der Waals surface area contributed by atoms with E-state index in [1.807, 2.05) is 0 Å². The number of aliphatic hydroxyl groups excluding tert-OH is 6. The van der Waals surface area contributed by atoms with Crippen molar-refractivity contribution < 1.29 is 69.3 Å². The number of hydrogen-bond acceptors (Lipinski definition) is 15. The lowest BCUT2D eigenvalue weighted by Gasteiger charge is -2.42. The first-order chi connectivity index (χ1) is 19.9. The summed E-state index contributed by atoms with van der Waals surface area (Å²) in [5.74, 6) is -1.97. The molecule has 15 nitrogen and oxygen atoms in total. The van der Waals surface area contributed by atoms with Crippen LogP contribution in [-0.4, -0.2) is 114 Å². The van der Waals surface area contributed by atoms with Gasteiger partial charge in [0.2, 0.25) is 17.5 Å². The van der Waals surface area contributed by atoms with Crippen molar-refractivity contribution in [3.8, 4) is 34.3 Å². The highest BCUT2D eigenvalue weighted by molar-refractivity contribution is 5.88. The van der Waals surface area contributed by atoms with Gasteiger partial charge in [0.25, 0.3) is 0 Å². The molecule has 0 aliphatic carbocycles. The van der Waals surface area contributed by atoms with Crippen LogP contribution < -0.4 is 10.2 Å². The van der Waals surface area contributed by atoms with E-state index in [-0.39, 0.29) is 28.0 Å². The van der Waals surface area contributed by atoms with E-state index in [4.69, 9.17) is 23.4 Å². The summed E-state index contributed by atoms with van der Waals surface area (Å²) in [6, 6.07) is 7.33. The average molecular weight is 595 g/mol. The zero-order chi connectivity index (χ0) is 30.5. The van der Waals surface area contributed by atoms with Crippen molar-refractivity contribution in [1.82, 2.24) is 0 Å². The second-order valence-corrected chi connectivity index (χ2v) is 10.1. The largest absolute Gasteiger partial charge is 0.508 e. The Kier molecular flexibility index (Phi) is 8.30. The van der Waals surface area contributed by atoms with Gasteiger partial charge in [-0.2, -0.15) is 0 Å². The van der Waals surface area contributed by atoms with Crippen LogP contribution in [-0.2, 0) is 14.2 Å². The molecular formula is C27H30O15. The summed E-state index contributed by atoms with van der Waals surface area (Å²) >= 11 is 0. The van der Waals surface area contributed by atoms with Crippen LogP contribution in [0.1, 0.15) is 6.92 Å². The molecule has 3 heterocycles. The molecule has 2 saturated heterocycles. The van der Waals surface area contributed by atoms with Crippen LogP contribution in [0.2, 0.25) is 0 Å². The molecule has 0 amide bonds. The van der Waals surface area contributed by atoms with E-state index in [0.717, 1.165) is 12.1 Å². The Bertz CT molecular complexity index is 1470. The van der Waals surface area contributed by atoms with Crippen LogP contribution in [0.5, 0.6) is 23.0 Å². The molecular weight excluding hydrogens is 564 g/mol. The summed E-state index contributed by atoms with van der Waals surface area (Å²) in [5, 5.41) is 91.4. The molecule has 1 aromatic heterocycles. The Balaban J connectivity index is 1.46. The highest BCUT2D eigenvalue weighted by atomic mass is 16.7. The lowest BCUT2D eigenvalue weighted by atomic mass is 9.98. The van der Waals surface area contributed by atoms with Gasteiger partial charge in [0.1, 0.15) is 70.9 Å². The fourth-order valence-electron chi connectivity index (χ4n) is 4.79. The van der Waals surface area contributed by atoms with Gasteiger partial charge in [0.15, 0.2) is 12.1 Å². The fourth-order valence-corrected chi connectivity index (χ4v) is 4.79. The minimum absolute atomic E-state index is 0.103. The smallest absolute Gasteiger partial charge is 0.239 e. The highest BCUT2D eigenvalue weighted by Crippen LogP contribution is 2.37. The fraction of sp³-hybridized carbons (Fsp3) is 0.444. The van der Waals surface area contributed by atoms with Crippen molar-refractivity contribution >= 4 is 11.0 Å². The lowest BCUT2D eigenvalue weighted by molar-refractivity contribution is -0.318. The molecule has 0 saturated carbocycles. The molecule has 0 bridgehead atoms. The minimum Gasteiger partial charge on any atom is -0.508 e. The number of ether oxygens (including phenoxy) is 4. The number of rotatable bonds is 6. The van der Waals surface area contributed by atoms with Gasteiger partial charge in [-0.05, 0) is 31.2 Å². The lowest BCUT2D eigenvalue weighted by Crippen LogP contribution is -2.61. The summed E-state index contributed by atoms with van der Waals surface area (Å²) in [7, 11) is 0. The van der Waals surface area contributed by atoms with E-state index in [0.29, 0.717) is 0 Å². The first-order valence-corrected chi connectivity index (χ1v) is 12.9. The first-order valence-electron chi connectivity index (χ1n) is 12.9. The molecule has 2 aliphatic heterocycles. The zero-order valence-corrected chi connectivity index (χ0v) is 21.9. The molecule has 2 fully saturated rings. The third-order valence-corrected chi connectivity index (χ3v) is 7.18. The number of aliphatic hydroxyl groups is 6. The standard InChI is InChI=1S/C27H30O15/c1-9-17(31)20(34)22(36)26(39-9)38-8-15-18(32)21(35)23(37)27(41-15)42-25-19(33)16-13(30)6-12(29)7-14(16)40-24(25)10-2-4-11(28)5-3-10/h2-7,9,15,17-18,20-23,26-32,34-37H,8H2,1H3/t9-,15-,17-,18+,20+,21+,22+,23+,26+,27-/m0/s1. The second-order valence-electron chi connectivity index (χ2n) is 10.1. The van der Waals surface area contributed by atoms with Gasteiger partial charge in [-0.25, -0.2) is 0 Å². The first kappa shape index (κ1) is 30.0. The zero-order valence-electron chi connectivity index (χ0n) is 21.9. The van der Waals surface area contributed by atoms with E-state index >= 15 is 0 Å². The van der Waals surface area contributed by atoms with Gasteiger partial charge in [-0.15, -0.1) is 0 Å². The van der Waals surface area contributed by atoms with E-state index < -0.39 is 90.7 Å². The molecule has 0 spiro atoms. The molecule has 2 aromatic carbocycles. The van der Waals surface area contributed by atoms with E-state index in [1.165, 1.54) is 31.2 Å². The second kappa shape index (κ2) is 11.6. The van der Waals surface area contributed by atoms with Crippen molar-refractivity contribution in [1.29, 1.82) is 0 Å². The van der Waals surface area contributed by atoms with Gasteiger partial charge >= 0.3 is 0 Å². The molecule has 2 aliphatic rings. The molecule has 42 heavy (non-hydrogen) atoms. The van der Waals surface area contributed by atoms with Crippen LogP contribution in [0.25, 0.3) is 22.3 Å². The van der Waals surface area contributed by atoms with Crippen LogP contribution in [0.4, 0.5) is 0 Å². The predicted octanol–water partition coefficient (Wildman–Crippen LogP) is -1.39. The maximum absolute atomic E-state index is 13.5. The van der Waals surface area contributed by atoms with Gasteiger partial charge in [0, 0.05) is 17.7 Å². The van der Waals surface area contributed by atoms with Gasteiger partial charge in [0.05, 0.1) is 12.7 Å². The molecule has 5 rings (SSSR count). The van der Waals surface area contributed by atoms with Crippen molar-refractivity contribution in [3.05, 3.63) is 46.6 Å². The van der Waals surface area contributed by atoms with E-state index in [1.54, 1.807) is 0 Å². The van der Waals surface area contributed by atoms with Crippen LogP contribution >= 0.6 is 0 Å². The summed E-state index contributed by atoms with van der Waals surface area (Å²) in [5.41, 5.74) is -0.956. The molecule has 0 radical (unpaired) electrons. The van der Waals surface area contributed by atoms with Gasteiger partial charge in [-0.3, -0.25) is 4.79 Å². The number of aromatic hydroxyl groups is 3. The minimum atomic E-state index is -1.92. The normalized spacial score (nSPS) is 33.5. The van der Waals surface area contributed by atoms with Crippen molar-refractivity contribution in [2.75, 3.05) is 6.61 Å². The quantitative estimate of drug-likeness (QED) is 0.159.